The maximum atomic E-state index is 13.6. The van der Waals surface area contributed by atoms with Crippen LogP contribution in [0, 0.1) is 5.92 Å². The Morgan fingerprint density at radius 1 is 1.07 bits per heavy atom. The number of aliphatic hydroxyl groups excluding tert-OH is 1. The lowest BCUT2D eigenvalue weighted by atomic mass is 9.91. The van der Waals surface area contributed by atoms with Gasteiger partial charge in [-0.25, -0.2) is 4.79 Å². The van der Waals surface area contributed by atoms with Gasteiger partial charge >= 0.3 is 6.09 Å². The molecule has 4 rings (SSSR count). The van der Waals surface area contributed by atoms with Gasteiger partial charge in [0.1, 0.15) is 17.6 Å². The third-order valence-corrected chi connectivity index (χ3v) is 9.77. The number of aliphatic hydroxyl groups is 1. The normalized spacial score (nSPS) is 23.2. The number of carbonyl (C=O) groups excluding carboxylic acids is 3. The minimum absolute atomic E-state index is 0.0326. The van der Waals surface area contributed by atoms with Gasteiger partial charge in [0.2, 0.25) is 0 Å². The van der Waals surface area contributed by atoms with Crippen molar-refractivity contribution in [1.82, 2.24) is 4.90 Å². The smallest absolute Gasteiger partial charge is 0.405 e. The molecule has 7 N–H and O–H groups in total. The Bertz CT molecular complexity index is 1800. The summed E-state index contributed by atoms with van der Waals surface area (Å²) in [6, 6.07) is 8.33. The first-order valence-electron chi connectivity index (χ1n) is 18.2. The van der Waals surface area contributed by atoms with Crippen molar-refractivity contribution in [1.29, 1.82) is 0 Å². The number of rotatable bonds is 8. The monoisotopic (exact) mass is 762 g/mol. The number of benzene rings is 2. The van der Waals surface area contributed by atoms with Crippen molar-refractivity contribution in [3.05, 3.63) is 88.0 Å². The zero-order valence-electron chi connectivity index (χ0n) is 32.3. The number of primary amides is 1. The van der Waals surface area contributed by atoms with Gasteiger partial charge in [0.05, 0.1) is 36.8 Å². The molecule has 0 saturated carbocycles. The van der Waals surface area contributed by atoms with Crippen LogP contribution in [0.5, 0.6) is 11.5 Å². The van der Waals surface area contributed by atoms with Gasteiger partial charge in [-0.05, 0) is 63.0 Å². The Labute approximate surface area is 322 Å². The summed E-state index contributed by atoms with van der Waals surface area (Å²) in [5, 5.41) is 39.7. The number of allylic oxidation sites excluding steroid dienone is 2. The van der Waals surface area contributed by atoms with Crippen molar-refractivity contribution in [2.75, 3.05) is 57.7 Å². The second kappa shape index (κ2) is 20.1. The molecule has 3 amide bonds. The van der Waals surface area contributed by atoms with Crippen LogP contribution in [0.25, 0.3) is 6.08 Å². The van der Waals surface area contributed by atoms with Gasteiger partial charge in [-0.1, -0.05) is 48.9 Å². The van der Waals surface area contributed by atoms with Crippen LogP contribution in [-0.4, -0.2) is 110 Å². The van der Waals surface area contributed by atoms with E-state index in [9.17, 15) is 29.7 Å². The van der Waals surface area contributed by atoms with Gasteiger partial charge in [-0.3, -0.25) is 14.5 Å². The van der Waals surface area contributed by atoms with E-state index < -0.39 is 59.7 Å². The van der Waals surface area contributed by atoms with E-state index in [1.165, 1.54) is 20.3 Å². The number of aromatic hydroxyl groups is 2. The molecule has 0 aliphatic carbocycles. The number of ether oxygens (including phenoxy) is 4. The van der Waals surface area contributed by atoms with Crippen LogP contribution in [0.1, 0.15) is 55.6 Å². The van der Waals surface area contributed by atoms with Crippen LogP contribution < -0.4 is 16.4 Å². The molecule has 5 atom stereocenters. The topological polar surface area (TPSA) is 202 Å². The van der Waals surface area contributed by atoms with Crippen LogP contribution in [0.2, 0.25) is 0 Å². The average molecular weight is 763 g/mol. The maximum absolute atomic E-state index is 13.6. The molecule has 1 saturated heterocycles. The quantitative estimate of drug-likeness (QED) is 0.121. The number of amides is 3. The summed E-state index contributed by atoms with van der Waals surface area (Å²) in [6.45, 7) is 10.9. The van der Waals surface area contributed by atoms with E-state index in [0.717, 1.165) is 50.9 Å². The predicted molar refractivity (Wildman–Crippen MR) is 210 cm³/mol. The molecule has 14 heteroatoms. The van der Waals surface area contributed by atoms with Gasteiger partial charge in [0, 0.05) is 62.5 Å². The third kappa shape index (κ3) is 11.7. The van der Waals surface area contributed by atoms with Gasteiger partial charge in [0.25, 0.3) is 11.8 Å². The first-order chi connectivity index (χ1) is 26.2. The minimum atomic E-state index is -1.05. The maximum Gasteiger partial charge on any atom is 0.405 e. The number of morpholine rings is 1. The van der Waals surface area contributed by atoms with Crippen LogP contribution in [0.3, 0.4) is 0 Å². The third-order valence-electron chi connectivity index (χ3n) is 9.77. The molecule has 1 fully saturated rings. The number of anilines is 2. The Morgan fingerprint density at radius 2 is 1.76 bits per heavy atom. The molecular formula is C41H54N4O10. The molecule has 298 valence electrons. The number of fused-ring (bicyclic) bond motifs is 2. The molecule has 0 spiro atoms. The number of nitrogens with one attached hydrogen (secondary N) is 2. The van der Waals surface area contributed by atoms with Gasteiger partial charge in [-0.15, -0.1) is 0 Å². The Balaban J connectivity index is 1.71. The van der Waals surface area contributed by atoms with Crippen LogP contribution in [-0.2, 0) is 30.2 Å². The fraction of sp³-hybridized carbons (Fsp3) is 0.439. The van der Waals surface area contributed by atoms with Crippen LogP contribution >= 0.6 is 0 Å². The van der Waals surface area contributed by atoms with E-state index in [2.05, 4.69) is 15.5 Å². The SMILES string of the molecule is CO[C@H]1C=CC=C(C)C(=O)Nc2cc(O)c(NC(=O)c3ccc(CCN4CCOCC4)cc3)c(c2O)C=C(C)C[C@H](OC)[C@H](O)[C@@H](C)C=C(C)[C@@H]1OC(N)=O. The number of phenols is 2. The van der Waals surface area contributed by atoms with Crippen molar-refractivity contribution in [3.63, 3.8) is 0 Å². The van der Waals surface area contributed by atoms with Crippen molar-refractivity contribution < 1.29 is 48.7 Å². The number of methoxy groups -OCH3 is 2. The van der Waals surface area contributed by atoms with E-state index in [1.807, 2.05) is 12.1 Å². The summed E-state index contributed by atoms with van der Waals surface area (Å²) in [7, 11) is 2.88. The minimum Gasteiger partial charge on any atom is -0.506 e. The lowest BCUT2D eigenvalue weighted by molar-refractivity contribution is -0.112. The molecular weight excluding hydrogens is 708 g/mol. The van der Waals surface area contributed by atoms with Gasteiger partial charge < -0.3 is 50.6 Å². The van der Waals surface area contributed by atoms with Gasteiger partial charge in [-0.2, -0.15) is 0 Å². The molecule has 0 radical (unpaired) electrons. The fourth-order valence-electron chi connectivity index (χ4n) is 6.53. The van der Waals surface area contributed by atoms with E-state index in [4.69, 9.17) is 24.7 Å². The number of nitrogens with two attached hydrogens (primary N) is 1. The van der Waals surface area contributed by atoms with E-state index in [0.29, 0.717) is 16.7 Å². The lowest BCUT2D eigenvalue weighted by Gasteiger charge is -2.28. The first kappa shape index (κ1) is 42.7. The highest BCUT2D eigenvalue weighted by atomic mass is 16.6. The fourth-order valence-corrected chi connectivity index (χ4v) is 6.53. The molecule has 2 aliphatic rings. The highest BCUT2D eigenvalue weighted by Gasteiger charge is 2.29. The zero-order valence-corrected chi connectivity index (χ0v) is 32.3. The second-order valence-electron chi connectivity index (χ2n) is 13.9. The summed E-state index contributed by atoms with van der Waals surface area (Å²) in [5.74, 6) is -2.45. The van der Waals surface area contributed by atoms with Crippen LogP contribution in [0.4, 0.5) is 16.2 Å². The largest absolute Gasteiger partial charge is 0.506 e. The van der Waals surface area contributed by atoms with Crippen LogP contribution in [0.15, 0.2) is 71.4 Å². The van der Waals surface area contributed by atoms with E-state index >= 15 is 0 Å². The molecule has 2 heterocycles. The summed E-state index contributed by atoms with van der Waals surface area (Å²) < 4.78 is 22.1. The average Bonchev–Trinajstić information content (AvgIpc) is 3.16. The van der Waals surface area contributed by atoms with Crippen molar-refractivity contribution >= 4 is 35.4 Å². The van der Waals surface area contributed by atoms with Crippen molar-refractivity contribution in [2.24, 2.45) is 11.7 Å². The standard InChI is InChI=1S/C41H54N4O10/c1-24-20-30-35(44-40(50)29-12-10-28(11-13-29)14-15-45-16-18-54-19-17-45)32(46)23-31(37(30)48)43-39(49)25(2)8-7-9-33(52-5)38(55-41(42)51)27(4)22-26(3)36(47)34(21-24)53-6/h7-13,20,22-23,26,33-34,36,38,46-48H,14-19,21H2,1-6H3,(H2,42,51)(H,43,49)(H,44,50)/t26-,33-,34-,36+,38-/m0/s1. The zero-order chi connectivity index (χ0) is 40.2. The molecule has 0 unspecified atom stereocenters. The number of carbonyl (C=O) groups is 3. The van der Waals surface area contributed by atoms with Crippen molar-refractivity contribution in [2.45, 2.75) is 65.0 Å². The lowest BCUT2D eigenvalue weighted by Crippen LogP contribution is -2.37. The Kier molecular flexibility index (Phi) is 15.6. The van der Waals surface area contributed by atoms with E-state index in [1.54, 1.807) is 64.1 Å². The second-order valence-corrected chi connectivity index (χ2v) is 13.9. The first-order valence-corrected chi connectivity index (χ1v) is 18.2. The number of phenolic OH excluding ortho intramolecular Hbond substituents is 2. The van der Waals surface area contributed by atoms with Crippen molar-refractivity contribution in [3.8, 4) is 11.5 Å². The number of nitrogens with zero attached hydrogens (tertiary/aromatic N) is 1. The molecule has 2 bridgehead atoms. The summed E-state index contributed by atoms with van der Waals surface area (Å²) in [6.07, 6.45) is 4.31. The molecule has 14 nitrogen and oxygen atoms in total. The Morgan fingerprint density at radius 3 is 2.40 bits per heavy atom. The Hall–Kier alpha value is -4.99. The highest BCUT2D eigenvalue weighted by molar-refractivity contribution is 6.09. The summed E-state index contributed by atoms with van der Waals surface area (Å²) >= 11 is 0. The molecule has 2 aromatic rings. The summed E-state index contributed by atoms with van der Waals surface area (Å²) in [5.41, 5.74) is 8.02. The summed E-state index contributed by atoms with van der Waals surface area (Å²) in [4.78, 5) is 41.1. The van der Waals surface area contributed by atoms with Gasteiger partial charge in [0.15, 0.2) is 6.10 Å². The number of hydrogen-bond donors (Lipinski definition) is 6. The molecule has 55 heavy (non-hydrogen) atoms. The molecule has 0 aromatic heterocycles. The molecule has 2 aliphatic heterocycles. The predicted octanol–water partition coefficient (Wildman–Crippen LogP) is 4.91. The number of hydrogen-bond acceptors (Lipinski definition) is 11. The van der Waals surface area contributed by atoms with E-state index in [-0.39, 0.29) is 28.9 Å². The highest BCUT2D eigenvalue weighted by Crippen LogP contribution is 2.42. The molecule has 2 aromatic carbocycles.